The van der Waals surface area contributed by atoms with Crippen molar-refractivity contribution in [3.05, 3.63) is 0 Å². The molecule has 1 saturated carbocycles. The maximum atomic E-state index is 12.0. The number of rotatable bonds is 5. The van der Waals surface area contributed by atoms with Gasteiger partial charge in [-0.25, -0.2) is 4.79 Å². The summed E-state index contributed by atoms with van der Waals surface area (Å²) in [6, 6.07) is -0.497. The van der Waals surface area contributed by atoms with E-state index in [9.17, 15) is 14.7 Å². The Morgan fingerprint density at radius 3 is 2.58 bits per heavy atom. The minimum atomic E-state index is -0.916. The molecule has 0 spiro atoms. The SMILES string of the molecule is CCN(CCC(=O)O)C(=O)NC1CCCCCC1O. The Kier molecular flexibility index (Phi) is 6.62. The van der Waals surface area contributed by atoms with Gasteiger partial charge < -0.3 is 20.4 Å². The van der Waals surface area contributed by atoms with Crippen molar-refractivity contribution in [2.24, 2.45) is 0 Å². The third kappa shape index (κ3) is 5.46. The first kappa shape index (κ1) is 15.8. The average molecular weight is 272 g/mol. The highest BCUT2D eigenvalue weighted by Gasteiger charge is 2.24. The maximum Gasteiger partial charge on any atom is 0.317 e. The third-order valence-electron chi connectivity index (χ3n) is 3.55. The van der Waals surface area contributed by atoms with Crippen molar-refractivity contribution in [1.29, 1.82) is 0 Å². The fraction of sp³-hybridized carbons (Fsp3) is 0.846. The van der Waals surface area contributed by atoms with Crippen molar-refractivity contribution in [2.45, 2.75) is 57.6 Å². The van der Waals surface area contributed by atoms with Crippen LogP contribution in [0.4, 0.5) is 4.79 Å². The van der Waals surface area contributed by atoms with Gasteiger partial charge in [0.25, 0.3) is 0 Å². The largest absolute Gasteiger partial charge is 0.481 e. The van der Waals surface area contributed by atoms with Gasteiger partial charge in [0, 0.05) is 13.1 Å². The van der Waals surface area contributed by atoms with E-state index in [-0.39, 0.29) is 25.0 Å². The van der Waals surface area contributed by atoms with Crippen molar-refractivity contribution in [3.63, 3.8) is 0 Å². The number of nitrogens with one attached hydrogen (secondary N) is 1. The number of carbonyl (C=O) groups excluding carboxylic acids is 1. The number of aliphatic hydroxyl groups is 1. The van der Waals surface area contributed by atoms with Gasteiger partial charge in [0.2, 0.25) is 0 Å². The van der Waals surface area contributed by atoms with E-state index in [1.807, 2.05) is 6.92 Å². The van der Waals surface area contributed by atoms with Gasteiger partial charge in [0.05, 0.1) is 18.6 Å². The van der Waals surface area contributed by atoms with E-state index in [0.717, 1.165) is 25.7 Å². The van der Waals surface area contributed by atoms with Gasteiger partial charge in [-0.15, -0.1) is 0 Å². The summed E-state index contributed by atoms with van der Waals surface area (Å²) in [7, 11) is 0. The molecule has 1 fully saturated rings. The minimum absolute atomic E-state index is 0.0610. The zero-order chi connectivity index (χ0) is 14.3. The van der Waals surface area contributed by atoms with Crippen molar-refractivity contribution >= 4 is 12.0 Å². The zero-order valence-corrected chi connectivity index (χ0v) is 11.5. The maximum absolute atomic E-state index is 12.0. The van der Waals surface area contributed by atoms with Crippen LogP contribution in [0.25, 0.3) is 0 Å². The van der Waals surface area contributed by atoms with Gasteiger partial charge in [0.1, 0.15) is 0 Å². The lowest BCUT2D eigenvalue weighted by Gasteiger charge is -2.27. The first-order valence-electron chi connectivity index (χ1n) is 7.00. The second-order valence-corrected chi connectivity index (χ2v) is 4.98. The monoisotopic (exact) mass is 272 g/mol. The van der Waals surface area contributed by atoms with Crippen LogP contribution in [-0.2, 0) is 4.79 Å². The molecular weight excluding hydrogens is 248 g/mol. The van der Waals surface area contributed by atoms with E-state index < -0.39 is 12.1 Å². The molecule has 0 aromatic carbocycles. The molecule has 6 nitrogen and oxygen atoms in total. The second kappa shape index (κ2) is 7.99. The minimum Gasteiger partial charge on any atom is -0.481 e. The summed E-state index contributed by atoms with van der Waals surface area (Å²) in [6.45, 7) is 2.47. The molecule has 0 aromatic rings. The fourth-order valence-corrected chi connectivity index (χ4v) is 2.34. The summed E-state index contributed by atoms with van der Waals surface area (Å²) in [5.74, 6) is -0.916. The van der Waals surface area contributed by atoms with Crippen LogP contribution in [0.5, 0.6) is 0 Å². The van der Waals surface area contributed by atoms with Gasteiger partial charge >= 0.3 is 12.0 Å². The lowest BCUT2D eigenvalue weighted by molar-refractivity contribution is -0.137. The molecular formula is C13H24N2O4. The smallest absolute Gasteiger partial charge is 0.317 e. The zero-order valence-electron chi connectivity index (χ0n) is 11.5. The Morgan fingerprint density at radius 1 is 1.26 bits per heavy atom. The lowest BCUT2D eigenvalue weighted by Crippen LogP contribution is -2.49. The molecule has 0 radical (unpaired) electrons. The molecule has 0 aromatic heterocycles. The van der Waals surface area contributed by atoms with Gasteiger partial charge in [-0.3, -0.25) is 4.79 Å². The number of carboxylic acids is 1. The van der Waals surface area contributed by atoms with Crippen LogP contribution in [-0.4, -0.2) is 52.3 Å². The Labute approximate surface area is 113 Å². The first-order valence-corrected chi connectivity index (χ1v) is 7.00. The summed E-state index contributed by atoms with van der Waals surface area (Å²) in [5, 5.41) is 21.4. The number of aliphatic carboxylic acids is 1. The van der Waals surface area contributed by atoms with Crippen LogP contribution in [0.2, 0.25) is 0 Å². The van der Waals surface area contributed by atoms with Crippen LogP contribution in [0, 0.1) is 0 Å². The van der Waals surface area contributed by atoms with Gasteiger partial charge in [-0.1, -0.05) is 19.3 Å². The molecule has 19 heavy (non-hydrogen) atoms. The number of amides is 2. The number of carboxylic acid groups (broad SMARTS) is 1. The van der Waals surface area contributed by atoms with Crippen molar-refractivity contribution < 1.29 is 19.8 Å². The first-order chi connectivity index (χ1) is 9.04. The van der Waals surface area contributed by atoms with Crippen molar-refractivity contribution in [2.75, 3.05) is 13.1 Å². The number of carbonyl (C=O) groups is 2. The molecule has 0 heterocycles. The number of nitrogens with zero attached hydrogens (tertiary/aromatic N) is 1. The second-order valence-electron chi connectivity index (χ2n) is 4.98. The highest BCUT2D eigenvalue weighted by Crippen LogP contribution is 2.18. The van der Waals surface area contributed by atoms with E-state index in [1.165, 1.54) is 4.90 Å². The number of hydrogen-bond donors (Lipinski definition) is 3. The van der Waals surface area contributed by atoms with Crippen molar-refractivity contribution in [3.8, 4) is 0 Å². The fourth-order valence-electron chi connectivity index (χ4n) is 2.34. The summed E-state index contributed by atoms with van der Waals surface area (Å²) >= 11 is 0. The Bertz CT molecular complexity index is 309. The number of hydrogen-bond acceptors (Lipinski definition) is 3. The molecule has 2 unspecified atom stereocenters. The van der Waals surface area contributed by atoms with Gasteiger partial charge in [-0.05, 0) is 19.8 Å². The summed E-state index contributed by atoms with van der Waals surface area (Å²) in [4.78, 5) is 24.0. The molecule has 1 aliphatic carbocycles. The van der Waals surface area contributed by atoms with E-state index in [0.29, 0.717) is 13.0 Å². The summed E-state index contributed by atoms with van der Waals surface area (Å²) in [6.07, 6.45) is 4.02. The van der Waals surface area contributed by atoms with Crippen molar-refractivity contribution in [1.82, 2.24) is 10.2 Å². The Balaban J connectivity index is 2.47. The summed E-state index contributed by atoms with van der Waals surface area (Å²) in [5.41, 5.74) is 0. The molecule has 1 rings (SSSR count). The number of aliphatic hydroxyl groups excluding tert-OH is 1. The normalized spacial score (nSPS) is 23.5. The molecule has 110 valence electrons. The topological polar surface area (TPSA) is 89.9 Å². The van der Waals surface area contributed by atoms with E-state index in [2.05, 4.69) is 5.32 Å². The quantitative estimate of drug-likeness (QED) is 0.656. The van der Waals surface area contributed by atoms with Crippen LogP contribution in [0.3, 0.4) is 0 Å². The predicted molar refractivity (Wildman–Crippen MR) is 70.9 cm³/mol. The molecule has 3 N–H and O–H groups in total. The van der Waals surface area contributed by atoms with Gasteiger partial charge in [-0.2, -0.15) is 0 Å². The molecule has 2 atom stereocenters. The van der Waals surface area contributed by atoms with Crippen LogP contribution < -0.4 is 5.32 Å². The molecule has 0 aliphatic heterocycles. The van der Waals surface area contributed by atoms with E-state index in [1.54, 1.807) is 0 Å². The highest BCUT2D eigenvalue weighted by molar-refractivity contribution is 5.75. The molecule has 1 aliphatic rings. The van der Waals surface area contributed by atoms with E-state index >= 15 is 0 Å². The predicted octanol–water partition coefficient (Wildman–Crippen LogP) is 1.19. The third-order valence-corrected chi connectivity index (χ3v) is 3.55. The molecule has 2 amide bonds. The lowest BCUT2D eigenvalue weighted by atomic mass is 10.1. The molecule has 6 heteroatoms. The summed E-state index contributed by atoms with van der Waals surface area (Å²) < 4.78 is 0. The molecule has 0 saturated heterocycles. The van der Waals surface area contributed by atoms with Crippen LogP contribution in [0.15, 0.2) is 0 Å². The Morgan fingerprint density at radius 2 is 1.95 bits per heavy atom. The standard InChI is InChI=1S/C13H24N2O4/c1-2-15(9-8-12(17)18)13(19)14-10-6-4-3-5-7-11(10)16/h10-11,16H,2-9H2,1H3,(H,14,19)(H,17,18). The highest BCUT2D eigenvalue weighted by atomic mass is 16.4. The Hall–Kier alpha value is -1.30. The average Bonchev–Trinajstić information content (AvgIpc) is 2.55. The van der Waals surface area contributed by atoms with Crippen LogP contribution >= 0.6 is 0 Å². The molecule has 0 bridgehead atoms. The van der Waals surface area contributed by atoms with E-state index in [4.69, 9.17) is 5.11 Å². The van der Waals surface area contributed by atoms with Gasteiger partial charge in [0.15, 0.2) is 0 Å². The number of urea groups is 1. The van der Waals surface area contributed by atoms with Crippen LogP contribution in [0.1, 0.15) is 45.4 Å².